The number of nitriles is 1. The van der Waals surface area contributed by atoms with E-state index in [1.165, 1.54) is 12.1 Å². The van der Waals surface area contributed by atoms with Crippen molar-refractivity contribution in [3.63, 3.8) is 0 Å². The average Bonchev–Trinajstić information content (AvgIpc) is 3.23. The van der Waals surface area contributed by atoms with Crippen molar-refractivity contribution in [2.75, 3.05) is 0 Å². The Kier molecular flexibility index (Phi) is 4.84. The topological polar surface area (TPSA) is 120 Å². The lowest BCUT2D eigenvalue weighted by atomic mass is 9.83. The van der Waals surface area contributed by atoms with Gasteiger partial charge in [0.15, 0.2) is 0 Å². The van der Waals surface area contributed by atoms with Crippen LogP contribution in [0.1, 0.15) is 17.0 Å². The molecule has 0 radical (unpaired) electrons. The number of nitrogens with two attached hydrogens (primary N) is 1. The Morgan fingerprint density at radius 1 is 1.03 bits per heavy atom. The number of benzene rings is 3. The minimum absolute atomic E-state index is 0.0572. The molecule has 1 aliphatic heterocycles. The van der Waals surface area contributed by atoms with Crippen molar-refractivity contribution < 1.29 is 9.66 Å². The van der Waals surface area contributed by atoms with Crippen LogP contribution in [0.5, 0.6) is 5.88 Å². The van der Waals surface area contributed by atoms with Crippen LogP contribution < -0.4 is 10.5 Å². The van der Waals surface area contributed by atoms with Crippen LogP contribution in [-0.4, -0.2) is 14.7 Å². The highest BCUT2D eigenvalue weighted by atomic mass is 16.6. The Morgan fingerprint density at radius 2 is 1.73 bits per heavy atom. The molecule has 160 valence electrons. The highest BCUT2D eigenvalue weighted by molar-refractivity contribution is 5.72. The molecule has 0 unspecified atom stereocenters. The van der Waals surface area contributed by atoms with Gasteiger partial charge in [-0.3, -0.25) is 10.1 Å². The second-order valence-corrected chi connectivity index (χ2v) is 7.46. The summed E-state index contributed by atoms with van der Waals surface area (Å²) in [4.78, 5) is 11.0. The third-order valence-corrected chi connectivity index (χ3v) is 5.51. The van der Waals surface area contributed by atoms with Gasteiger partial charge in [-0.1, -0.05) is 60.7 Å². The Bertz CT molecular complexity index is 1440. The van der Waals surface area contributed by atoms with E-state index >= 15 is 0 Å². The number of ether oxygens (including phenoxy) is 1. The fraction of sp³-hybridized carbons (Fsp3) is 0.0400. The fourth-order valence-corrected chi connectivity index (χ4v) is 4.04. The van der Waals surface area contributed by atoms with Gasteiger partial charge < -0.3 is 10.5 Å². The van der Waals surface area contributed by atoms with Crippen molar-refractivity contribution in [2.45, 2.75) is 5.92 Å². The largest absolute Gasteiger partial charge is 0.422 e. The van der Waals surface area contributed by atoms with Crippen molar-refractivity contribution in [2.24, 2.45) is 5.73 Å². The van der Waals surface area contributed by atoms with Crippen molar-refractivity contribution in [1.82, 2.24) is 9.78 Å². The number of aromatic nitrogens is 2. The molecule has 1 aromatic heterocycles. The number of fused-ring (bicyclic) bond motifs is 1. The maximum Gasteiger partial charge on any atom is 0.269 e. The predicted octanol–water partition coefficient (Wildman–Crippen LogP) is 4.67. The van der Waals surface area contributed by atoms with Crippen LogP contribution in [0, 0.1) is 21.4 Å². The molecule has 4 aromatic rings. The molecule has 0 aliphatic carbocycles. The quantitative estimate of drug-likeness (QED) is 0.367. The van der Waals surface area contributed by atoms with Gasteiger partial charge in [0.05, 0.1) is 22.1 Å². The van der Waals surface area contributed by atoms with E-state index in [-0.39, 0.29) is 17.1 Å². The molecule has 0 saturated carbocycles. The van der Waals surface area contributed by atoms with E-state index in [0.29, 0.717) is 22.7 Å². The maximum absolute atomic E-state index is 11.4. The SMILES string of the molecule is N#CC1=C(N)Oc2c(c(-c3ccccc3)nn2-c2ccccc2)[C@@H]1c1cccc([N+](=O)[O-])c1. The first-order valence-electron chi connectivity index (χ1n) is 10.1. The highest BCUT2D eigenvalue weighted by Crippen LogP contribution is 2.47. The molecule has 2 heterocycles. The summed E-state index contributed by atoms with van der Waals surface area (Å²) in [6, 6.07) is 27.3. The van der Waals surface area contributed by atoms with Gasteiger partial charge in [0.1, 0.15) is 17.3 Å². The molecular formula is C25H17N5O3. The van der Waals surface area contributed by atoms with E-state index in [4.69, 9.17) is 15.6 Å². The molecule has 0 bridgehead atoms. The zero-order valence-electron chi connectivity index (χ0n) is 17.3. The number of allylic oxidation sites excluding steroid dienone is 1. The van der Waals surface area contributed by atoms with Gasteiger partial charge in [0.25, 0.3) is 5.69 Å². The molecule has 0 saturated heterocycles. The summed E-state index contributed by atoms with van der Waals surface area (Å²) >= 11 is 0. The van der Waals surface area contributed by atoms with Crippen LogP contribution >= 0.6 is 0 Å². The lowest BCUT2D eigenvalue weighted by Gasteiger charge is -2.25. The molecule has 5 rings (SSSR count). The minimum atomic E-state index is -0.689. The monoisotopic (exact) mass is 435 g/mol. The second kappa shape index (κ2) is 7.98. The van der Waals surface area contributed by atoms with Gasteiger partial charge >= 0.3 is 0 Å². The van der Waals surface area contributed by atoms with Crippen molar-refractivity contribution in [3.8, 4) is 28.9 Å². The van der Waals surface area contributed by atoms with E-state index in [1.54, 1.807) is 16.8 Å². The number of hydrogen-bond acceptors (Lipinski definition) is 6. The van der Waals surface area contributed by atoms with Crippen LogP contribution in [0.25, 0.3) is 16.9 Å². The lowest BCUT2D eigenvalue weighted by Crippen LogP contribution is -2.22. The first-order chi connectivity index (χ1) is 16.1. The molecule has 2 N–H and O–H groups in total. The first kappa shape index (κ1) is 20.0. The standard InChI is InChI=1S/C25H17N5O3/c26-15-20-21(17-10-7-13-19(14-17)30(31)32)22-23(16-8-3-1-4-9-16)28-29(25(22)33-24(20)27)18-11-5-2-6-12-18/h1-14,21H,27H2/t21-/m1/s1. The number of para-hydroxylation sites is 1. The smallest absolute Gasteiger partial charge is 0.269 e. The summed E-state index contributed by atoms with van der Waals surface area (Å²) in [6.45, 7) is 0. The highest BCUT2D eigenvalue weighted by Gasteiger charge is 2.38. The number of nitrogens with zero attached hydrogens (tertiary/aromatic N) is 4. The van der Waals surface area contributed by atoms with E-state index in [0.717, 1.165) is 11.3 Å². The normalized spacial score (nSPS) is 14.8. The maximum atomic E-state index is 11.4. The van der Waals surface area contributed by atoms with Crippen LogP contribution in [0.4, 0.5) is 5.69 Å². The third-order valence-electron chi connectivity index (χ3n) is 5.51. The van der Waals surface area contributed by atoms with E-state index < -0.39 is 10.8 Å². The summed E-state index contributed by atoms with van der Waals surface area (Å²) in [5.41, 5.74) is 9.63. The Balaban J connectivity index is 1.83. The molecule has 1 aliphatic rings. The molecular weight excluding hydrogens is 418 g/mol. The van der Waals surface area contributed by atoms with Gasteiger partial charge in [-0.05, 0) is 17.7 Å². The number of hydrogen-bond donors (Lipinski definition) is 1. The average molecular weight is 435 g/mol. The van der Waals surface area contributed by atoms with E-state index in [2.05, 4.69) is 6.07 Å². The third kappa shape index (κ3) is 3.38. The van der Waals surface area contributed by atoms with E-state index in [1.807, 2.05) is 60.7 Å². The number of nitro groups is 1. The Morgan fingerprint density at radius 3 is 2.39 bits per heavy atom. The fourth-order valence-electron chi connectivity index (χ4n) is 4.04. The van der Waals surface area contributed by atoms with Gasteiger partial charge in [-0.25, -0.2) is 0 Å². The molecule has 1 atom stereocenters. The lowest BCUT2D eigenvalue weighted by molar-refractivity contribution is -0.384. The zero-order valence-corrected chi connectivity index (χ0v) is 17.3. The van der Waals surface area contributed by atoms with Gasteiger partial charge in [-0.15, -0.1) is 0 Å². The number of rotatable bonds is 4. The summed E-state index contributed by atoms with van der Waals surface area (Å²) < 4.78 is 7.60. The van der Waals surface area contributed by atoms with Crippen LogP contribution in [0.2, 0.25) is 0 Å². The van der Waals surface area contributed by atoms with Crippen LogP contribution in [-0.2, 0) is 0 Å². The minimum Gasteiger partial charge on any atom is -0.422 e. The number of nitro benzene ring substituents is 1. The number of non-ortho nitro benzene ring substituents is 1. The van der Waals surface area contributed by atoms with Gasteiger partial charge in [0, 0.05) is 17.7 Å². The molecule has 0 spiro atoms. The summed E-state index contributed by atoms with van der Waals surface area (Å²) in [6.07, 6.45) is 0. The van der Waals surface area contributed by atoms with Crippen LogP contribution in [0.15, 0.2) is 96.4 Å². The van der Waals surface area contributed by atoms with Crippen molar-refractivity contribution in [1.29, 1.82) is 5.26 Å². The molecule has 0 fully saturated rings. The van der Waals surface area contributed by atoms with Crippen molar-refractivity contribution >= 4 is 5.69 Å². The second-order valence-electron chi connectivity index (χ2n) is 7.46. The Labute approximate surface area is 188 Å². The van der Waals surface area contributed by atoms with Gasteiger partial charge in [0.2, 0.25) is 11.8 Å². The molecule has 33 heavy (non-hydrogen) atoms. The summed E-state index contributed by atoms with van der Waals surface area (Å²) in [5.74, 6) is -0.377. The Hall–Kier alpha value is -4.90. The molecule has 8 nitrogen and oxygen atoms in total. The van der Waals surface area contributed by atoms with Gasteiger partial charge in [-0.2, -0.15) is 15.0 Å². The molecule has 8 heteroatoms. The van der Waals surface area contributed by atoms with Crippen LogP contribution in [0.3, 0.4) is 0 Å². The predicted molar refractivity (Wildman–Crippen MR) is 121 cm³/mol. The summed E-state index contributed by atoms with van der Waals surface area (Å²) in [7, 11) is 0. The molecule has 0 amide bonds. The zero-order chi connectivity index (χ0) is 22.9. The first-order valence-corrected chi connectivity index (χ1v) is 10.1. The van der Waals surface area contributed by atoms with E-state index in [9.17, 15) is 15.4 Å². The summed E-state index contributed by atoms with van der Waals surface area (Å²) in [5, 5.41) is 26.2. The molecule has 3 aromatic carbocycles. The van der Waals surface area contributed by atoms with Crippen molar-refractivity contribution in [3.05, 3.63) is 118 Å².